The van der Waals surface area contributed by atoms with E-state index in [9.17, 15) is 4.57 Å². The first-order valence-electron chi connectivity index (χ1n) is 5.40. The van der Waals surface area contributed by atoms with E-state index in [0.717, 1.165) is 17.3 Å². The second kappa shape index (κ2) is 6.09. The van der Waals surface area contributed by atoms with Crippen LogP contribution in [-0.2, 0) is 15.5 Å². The van der Waals surface area contributed by atoms with Crippen LogP contribution in [0, 0.1) is 5.92 Å². The van der Waals surface area contributed by atoms with Gasteiger partial charge in [0.25, 0.3) is 0 Å². The summed E-state index contributed by atoms with van der Waals surface area (Å²) in [6, 6.07) is 7.80. The molecule has 0 heterocycles. The lowest BCUT2D eigenvalue weighted by molar-refractivity contribution is 0.287. The molecule has 0 aromatic heterocycles. The Morgan fingerprint density at radius 3 is 2.60 bits per heavy atom. The molecule has 1 unspecified atom stereocenters. The molecule has 1 aromatic rings. The van der Waals surface area contributed by atoms with E-state index in [4.69, 9.17) is 4.52 Å². The van der Waals surface area contributed by atoms with E-state index in [1.807, 2.05) is 24.3 Å². The number of hydrogen-bond donors (Lipinski definition) is 0. The largest absolute Gasteiger partial charge is 0.327 e. The molecule has 0 fully saturated rings. The number of hydrogen-bond acceptors (Lipinski definition) is 2. The molecule has 0 saturated carbocycles. The van der Waals surface area contributed by atoms with E-state index < -0.39 is 8.03 Å². The van der Waals surface area contributed by atoms with Gasteiger partial charge in [-0.2, -0.15) is 0 Å². The molecule has 0 N–H and O–H groups in total. The van der Waals surface area contributed by atoms with E-state index in [0.29, 0.717) is 12.5 Å². The highest BCUT2D eigenvalue weighted by atomic mass is 31.1. The van der Waals surface area contributed by atoms with Crippen molar-refractivity contribution >= 4 is 13.3 Å². The second-order valence-electron chi connectivity index (χ2n) is 4.00. The fraction of sp³-hybridized carbons (Fsp3) is 0.500. The lowest BCUT2D eigenvalue weighted by Crippen LogP contribution is -2.07. The minimum absolute atomic E-state index is 0.424. The van der Waals surface area contributed by atoms with Gasteiger partial charge in [0.05, 0.1) is 6.61 Å². The van der Waals surface area contributed by atoms with Gasteiger partial charge in [-0.05, 0) is 24.0 Å². The molecule has 0 radical (unpaired) electrons. The van der Waals surface area contributed by atoms with E-state index in [1.54, 1.807) is 0 Å². The third-order valence-electron chi connectivity index (χ3n) is 2.17. The molecule has 0 amide bonds. The van der Waals surface area contributed by atoms with Crippen LogP contribution in [0.2, 0.25) is 0 Å². The Morgan fingerprint density at radius 2 is 2.00 bits per heavy atom. The quantitative estimate of drug-likeness (QED) is 0.721. The molecule has 84 valence electrons. The summed E-state index contributed by atoms with van der Waals surface area (Å²) in [5.74, 6) is 0.424. The van der Waals surface area contributed by atoms with E-state index in [2.05, 4.69) is 20.8 Å². The lowest BCUT2D eigenvalue weighted by Gasteiger charge is -2.09. The summed E-state index contributed by atoms with van der Waals surface area (Å²) < 4.78 is 17.3. The Kier molecular flexibility index (Phi) is 5.07. The van der Waals surface area contributed by atoms with Gasteiger partial charge < -0.3 is 4.52 Å². The Balaban J connectivity index is 2.72. The summed E-state index contributed by atoms with van der Waals surface area (Å²) in [6.07, 6.45) is 0.900. The van der Waals surface area contributed by atoms with Crippen molar-refractivity contribution in [1.82, 2.24) is 0 Å². The molecule has 0 aliphatic heterocycles. The Labute approximate surface area is 92.5 Å². The fourth-order valence-electron chi connectivity index (χ4n) is 1.35. The van der Waals surface area contributed by atoms with Crippen molar-refractivity contribution < 1.29 is 9.09 Å². The highest BCUT2D eigenvalue weighted by Crippen LogP contribution is 2.24. The third kappa shape index (κ3) is 3.81. The van der Waals surface area contributed by atoms with Crippen LogP contribution >= 0.6 is 8.03 Å². The predicted molar refractivity (Wildman–Crippen MR) is 65.2 cm³/mol. The van der Waals surface area contributed by atoms with Gasteiger partial charge in [-0.3, -0.25) is 4.57 Å². The van der Waals surface area contributed by atoms with Gasteiger partial charge in [0.1, 0.15) is 0 Å². The highest BCUT2D eigenvalue weighted by molar-refractivity contribution is 7.48. The first-order chi connectivity index (χ1) is 7.15. The van der Waals surface area contributed by atoms with Gasteiger partial charge in [0.2, 0.25) is 8.03 Å². The summed E-state index contributed by atoms with van der Waals surface area (Å²) in [5, 5.41) is 0.880. The standard InChI is InChI=1S/C12H19O2P/c1-4-11-7-5-6-8-12(11)15(13)14-9-10(2)3/h5-8,10,15H,4,9H2,1-3H3. The summed E-state index contributed by atoms with van der Waals surface area (Å²) >= 11 is 0. The minimum Gasteiger partial charge on any atom is -0.327 e. The maximum absolute atomic E-state index is 11.9. The van der Waals surface area contributed by atoms with Crippen LogP contribution in [0.1, 0.15) is 26.3 Å². The Hall–Kier alpha value is -0.590. The van der Waals surface area contributed by atoms with Gasteiger partial charge in [0, 0.05) is 5.30 Å². The number of rotatable bonds is 5. The van der Waals surface area contributed by atoms with E-state index in [-0.39, 0.29) is 0 Å². The van der Waals surface area contributed by atoms with Crippen molar-refractivity contribution in [2.75, 3.05) is 6.61 Å². The van der Waals surface area contributed by atoms with Crippen LogP contribution in [0.5, 0.6) is 0 Å². The van der Waals surface area contributed by atoms with Crippen molar-refractivity contribution in [1.29, 1.82) is 0 Å². The van der Waals surface area contributed by atoms with Crippen LogP contribution in [-0.4, -0.2) is 6.61 Å². The highest BCUT2D eigenvalue weighted by Gasteiger charge is 2.08. The van der Waals surface area contributed by atoms with Crippen LogP contribution in [0.3, 0.4) is 0 Å². The molecule has 0 saturated heterocycles. The molecule has 1 rings (SSSR count). The monoisotopic (exact) mass is 226 g/mol. The first kappa shape index (κ1) is 12.5. The molecular weight excluding hydrogens is 207 g/mol. The first-order valence-corrected chi connectivity index (χ1v) is 6.71. The van der Waals surface area contributed by atoms with Crippen molar-refractivity contribution in [3.05, 3.63) is 29.8 Å². The summed E-state index contributed by atoms with van der Waals surface area (Å²) in [5.41, 5.74) is 1.13. The normalized spacial score (nSPS) is 13.1. The third-order valence-corrected chi connectivity index (χ3v) is 3.52. The van der Waals surface area contributed by atoms with Crippen LogP contribution in [0.4, 0.5) is 0 Å². The average molecular weight is 226 g/mol. The predicted octanol–water partition coefficient (Wildman–Crippen LogP) is 3.02. The van der Waals surface area contributed by atoms with Crippen LogP contribution < -0.4 is 5.30 Å². The van der Waals surface area contributed by atoms with E-state index in [1.165, 1.54) is 0 Å². The molecule has 0 bridgehead atoms. The SMILES string of the molecule is CCc1ccccc1[PH](=O)OCC(C)C. The van der Waals surface area contributed by atoms with Gasteiger partial charge in [-0.1, -0.05) is 39.0 Å². The maximum Gasteiger partial charge on any atom is 0.220 e. The molecule has 15 heavy (non-hydrogen) atoms. The van der Waals surface area contributed by atoms with Crippen molar-refractivity contribution in [3.8, 4) is 0 Å². The topological polar surface area (TPSA) is 26.3 Å². The van der Waals surface area contributed by atoms with Crippen molar-refractivity contribution in [3.63, 3.8) is 0 Å². The van der Waals surface area contributed by atoms with Gasteiger partial charge in [-0.15, -0.1) is 0 Å². The summed E-state index contributed by atoms with van der Waals surface area (Å²) in [6.45, 7) is 6.74. The molecule has 0 aliphatic carbocycles. The Bertz CT molecular complexity index is 334. The summed E-state index contributed by atoms with van der Waals surface area (Å²) in [4.78, 5) is 0. The molecule has 3 heteroatoms. The van der Waals surface area contributed by atoms with Crippen LogP contribution in [0.25, 0.3) is 0 Å². The molecule has 0 spiro atoms. The second-order valence-corrected chi connectivity index (χ2v) is 5.41. The molecule has 0 aliphatic rings. The van der Waals surface area contributed by atoms with Gasteiger partial charge >= 0.3 is 0 Å². The smallest absolute Gasteiger partial charge is 0.220 e. The molecule has 1 aromatic carbocycles. The molecule has 2 nitrogen and oxygen atoms in total. The molecular formula is C12H19O2P. The zero-order valence-corrected chi connectivity index (χ0v) is 10.6. The van der Waals surface area contributed by atoms with Crippen molar-refractivity contribution in [2.45, 2.75) is 27.2 Å². The summed E-state index contributed by atoms with van der Waals surface area (Å²) in [7, 11) is -2.05. The zero-order chi connectivity index (χ0) is 11.3. The van der Waals surface area contributed by atoms with Gasteiger partial charge in [-0.25, -0.2) is 0 Å². The maximum atomic E-state index is 11.9. The average Bonchev–Trinajstić information content (AvgIpc) is 2.25. The number of aryl methyl sites for hydroxylation is 1. The minimum atomic E-state index is -2.05. The molecule has 1 atom stereocenters. The Morgan fingerprint density at radius 1 is 1.33 bits per heavy atom. The van der Waals surface area contributed by atoms with Gasteiger partial charge in [0.15, 0.2) is 0 Å². The van der Waals surface area contributed by atoms with E-state index >= 15 is 0 Å². The lowest BCUT2D eigenvalue weighted by atomic mass is 10.2. The fourth-order valence-corrected chi connectivity index (χ4v) is 2.74. The van der Waals surface area contributed by atoms with Crippen LogP contribution in [0.15, 0.2) is 24.3 Å². The van der Waals surface area contributed by atoms with Crippen molar-refractivity contribution in [2.24, 2.45) is 5.92 Å². The number of benzene rings is 1. The zero-order valence-electron chi connectivity index (χ0n) is 9.62.